The summed E-state index contributed by atoms with van der Waals surface area (Å²) in [5, 5.41) is 2.32. The maximum Gasteiger partial charge on any atom is 0.252 e. The van der Waals surface area contributed by atoms with E-state index in [-0.39, 0.29) is 33.8 Å². The lowest BCUT2D eigenvalue weighted by Gasteiger charge is -2.49. The predicted molar refractivity (Wildman–Crippen MR) is 266 cm³/mol. The van der Waals surface area contributed by atoms with Crippen molar-refractivity contribution in [3.8, 4) is 0 Å². The van der Waals surface area contributed by atoms with Gasteiger partial charge in [-0.3, -0.25) is 0 Å². The lowest BCUT2D eigenvalue weighted by molar-refractivity contribution is 0.332. The molecule has 0 saturated carbocycles. The molecule has 2 aliphatic carbocycles. The van der Waals surface area contributed by atoms with E-state index in [1.165, 1.54) is 121 Å². The SMILES string of the molecule is Cc1cc2c3c(c1)N(c1cccc4oc5ccccc5c14)c1cc4c(cc1B3c1cc3c(cc1N2c1ccc(C(C)(C)C)cc1C)C(C)(C)CCC3(C)C)C(C)(C)CCC4(C)C. The van der Waals surface area contributed by atoms with Crippen LogP contribution in [0.2, 0.25) is 0 Å². The Morgan fingerprint density at radius 3 is 1.53 bits per heavy atom. The van der Waals surface area contributed by atoms with Gasteiger partial charge in [-0.2, -0.15) is 0 Å². The van der Waals surface area contributed by atoms with Crippen molar-refractivity contribution in [2.24, 2.45) is 0 Å². The van der Waals surface area contributed by atoms with Crippen LogP contribution in [-0.2, 0) is 27.1 Å². The Hall–Kier alpha value is -5.22. The first-order valence-electron chi connectivity index (χ1n) is 23.3. The van der Waals surface area contributed by atoms with Crippen LogP contribution in [0.25, 0.3) is 21.9 Å². The number of anilines is 6. The third-order valence-corrected chi connectivity index (χ3v) is 16.1. The Balaban J connectivity index is 1.30. The number of rotatable bonds is 2. The van der Waals surface area contributed by atoms with Crippen molar-refractivity contribution < 1.29 is 4.42 Å². The molecule has 4 aliphatic rings. The van der Waals surface area contributed by atoms with E-state index in [1.807, 2.05) is 0 Å². The smallest absolute Gasteiger partial charge is 0.252 e. The molecular formula is C58H63BN2O. The van der Waals surface area contributed by atoms with Crippen LogP contribution in [0.15, 0.2) is 101 Å². The number of para-hydroxylation sites is 1. The van der Waals surface area contributed by atoms with Gasteiger partial charge in [-0.1, -0.05) is 125 Å². The van der Waals surface area contributed by atoms with Gasteiger partial charge < -0.3 is 14.2 Å². The molecule has 314 valence electrons. The molecule has 0 fully saturated rings. The number of benzene rings is 6. The van der Waals surface area contributed by atoms with Crippen molar-refractivity contribution in [2.45, 2.75) is 143 Å². The Morgan fingerprint density at radius 1 is 0.500 bits per heavy atom. The Labute approximate surface area is 370 Å². The van der Waals surface area contributed by atoms with Gasteiger partial charge >= 0.3 is 0 Å². The standard InChI is InChI=1S/C58H63BN2O/c1-34-27-48-53-49(28-34)61(45-18-16-20-51-52(45)37-17-14-15-19-50(37)62-51)47-33-41-39(56(8,9)24-26-58(41,12)13)31-43(47)59(53)42-30-38-40(57(10,11)25-23-55(38,6)7)32-46(42)60(48)44-22-21-36(29-35(44)2)54(3,4)5/h14-22,27-33H,23-26H2,1-13H3. The average Bonchev–Trinajstić information content (AvgIpc) is 3.60. The topological polar surface area (TPSA) is 19.6 Å². The average molecular weight is 815 g/mol. The first-order valence-corrected chi connectivity index (χ1v) is 23.3. The van der Waals surface area contributed by atoms with Crippen molar-refractivity contribution >= 4 is 79.2 Å². The summed E-state index contributed by atoms with van der Waals surface area (Å²) in [6.07, 6.45) is 4.70. The summed E-state index contributed by atoms with van der Waals surface area (Å²) >= 11 is 0. The third-order valence-electron chi connectivity index (χ3n) is 16.1. The summed E-state index contributed by atoms with van der Waals surface area (Å²) in [5.41, 5.74) is 23.9. The van der Waals surface area contributed by atoms with Crippen LogP contribution in [0.3, 0.4) is 0 Å². The fourth-order valence-corrected chi connectivity index (χ4v) is 12.1. The largest absolute Gasteiger partial charge is 0.456 e. The van der Waals surface area contributed by atoms with Crippen LogP contribution in [0.5, 0.6) is 0 Å². The molecule has 3 nitrogen and oxygen atoms in total. The monoisotopic (exact) mass is 815 g/mol. The zero-order chi connectivity index (χ0) is 43.6. The van der Waals surface area contributed by atoms with Gasteiger partial charge in [0.05, 0.1) is 11.1 Å². The zero-order valence-electron chi connectivity index (χ0n) is 39.4. The summed E-state index contributed by atoms with van der Waals surface area (Å²) in [6, 6.07) is 38.1. The highest BCUT2D eigenvalue weighted by molar-refractivity contribution is 7.00. The molecule has 0 spiro atoms. The zero-order valence-corrected chi connectivity index (χ0v) is 39.4. The highest BCUT2D eigenvalue weighted by Crippen LogP contribution is 2.54. The maximum absolute atomic E-state index is 6.63. The van der Waals surface area contributed by atoms with E-state index in [0.717, 1.165) is 16.6 Å². The quantitative estimate of drug-likeness (QED) is 0.162. The van der Waals surface area contributed by atoms with Crippen molar-refractivity contribution in [3.05, 3.63) is 136 Å². The van der Waals surface area contributed by atoms with Gasteiger partial charge in [0, 0.05) is 33.8 Å². The second-order valence-corrected chi connectivity index (χ2v) is 23.3. The van der Waals surface area contributed by atoms with Gasteiger partial charge in [0.15, 0.2) is 0 Å². The number of nitrogens with zero attached hydrogens (tertiary/aromatic N) is 2. The predicted octanol–water partition coefficient (Wildman–Crippen LogP) is 14.3. The third kappa shape index (κ3) is 5.56. The molecule has 3 heterocycles. The molecule has 4 heteroatoms. The molecule has 0 saturated heterocycles. The highest BCUT2D eigenvalue weighted by Gasteiger charge is 2.49. The van der Waals surface area contributed by atoms with Gasteiger partial charge in [0.25, 0.3) is 6.71 Å². The van der Waals surface area contributed by atoms with Gasteiger partial charge in [-0.05, 0) is 170 Å². The Morgan fingerprint density at radius 2 is 1.00 bits per heavy atom. The molecule has 62 heavy (non-hydrogen) atoms. The summed E-state index contributed by atoms with van der Waals surface area (Å²) in [7, 11) is 0. The number of hydrogen-bond acceptors (Lipinski definition) is 3. The van der Waals surface area contributed by atoms with Gasteiger partial charge in [0.2, 0.25) is 0 Å². The van der Waals surface area contributed by atoms with E-state index in [2.05, 4.69) is 197 Å². The number of furan rings is 1. The summed E-state index contributed by atoms with van der Waals surface area (Å²) in [6.45, 7) is 31.5. The second kappa shape index (κ2) is 12.7. The fraction of sp³-hybridized carbons (Fsp3) is 0.379. The van der Waals surface area contributed by atoms with Crippen molar-refractivity contribution in [1.29, 1.82) is 0 Å². The summed E-state index contributed by atoms with van der Waals surface area (Å²) in [5.74, 6) is 0. The molecule has 0 unspecified atom stereocenters. The molecule has 0 radical (unpaired) electrons. The molecule has 1 aromatic heterocycles. The van der Waals surface area contributed by atoms with Crippen LogP contribution in [0, 0.1) is 13.8 Å². The molecular weight excluding hydrogens is 751 g/mol. The minimum absolute atomic E-state index is 0.0461. The van der Waals surface area contributed by atoms with Crippen LogP contribution in [0.1, 0.15) is 141 Å². The van der Waals surface area contributed by atoms with Crippen LogP contribution >= 0.6 is 0 Å². The molecule has 0 amide bonds. The van der Waals surface area contributed by atoms with Crippen molar-refractivity contribution in [1.82, 2.24) is 0 Å². The number of fused-ring (bicyclic) bond motifs is 9. The highest BCUT2D eigenvalue weighted by atomic mass is 16.3. The normalized spacial score (nSPS) is 18.9. The molecule has 0 atom stereocenters. The van der Waals surface area contributed by atoms with Crippen LogP contribution < -0.4 is 26.2 Å². The van der Waals surface area contributed by atoms with Gasteiger partial charge in [-0.25, -0.2) is 0 Å². The van der Waals surface area contributed by atoms with Crippen molar-refractivity contribution in [3.63, 3.8) is 0 Å². The van der Waals surface area contributed by atoms with Gasteiger partial charge in [0.1, 0.15) is 11.2 Å². The minimum Gasteiger partial charge on any atom is -0.456 e. The van der Waals surface area contributed by atoms with E-state index in [0.29, 0.717) is 0 Å². The van der Waals surface area contributed by atoms with Crippen molar-refractivity contribution in [2.75, 3.05) is 9.80 Å². The molecule has 7 aromatic rings. The first kappa shape index (κ1) is 39.6. The van der Waals surface area contributed by atoms with Crippen LogP contribution in [0.4, 0.5) is 34.1 Å². The van der Waals surface area contributed by atoms with E-state index in [1.54, 1.807) is 0 Å². The van der Waals surface area contributed by atoms with Gasteiger partial charge in [-0.15, -0.1) is 0 Å². The molecule has 0 bridgehead atoms. The lowest BCUT2D eigenvalue weighted by atomic mass is 9.32. The van der Waals surface area contributed by atoms with Crippen LogP contribution in [-0.4, -0.2) is 6.71 Å². The van der Waals surface area contributed by atoms with E-state index in [9.17, 15) is 0 Å². The molecule has 6 aromatic carbocycles. The maximum atomic E-state index is 6.63. The lowest BCUT2D eigenvalue weighted by Crippen LogP contribution is -2.62. The van der Waals surface area contributed by atoms with E-state index >= 15 is 0 Å². The molecule has 2 aliphatic heterocycles. The molecule has 0 N–H and O–H groups in total. The Bertz CT molecular complexity index is 3060. The summed E-state index contributed by atoms with van der Waals surface area (Å²) in [4.78, 5) is 5.31. The first-order chi connectivity index (χ1) is 29.2. The molecule has 11 rings (SSSR count). The minimum atomic E-state index is 0.0461. The number of aryl methyl sites for hydroxylation is 2. The second-order valence-electron chi connectivity index (χ2n) is 23.3. The number of hydrogen-bond donors (Lipinski definition) is 0. The summed E-state index contributed by atoms with van der Waals surface area (Å²) < 4.78 is 6.63. The fourth-order valence-electron chi connectivity index (χ4n) is 12.1. The Kier molecular flexibility index (Phi) is 8.12. The van der Waals surface area contributed by atoms with E-state index in [4.69, 9.17) is 4.42 Å². The van der Waals surface area contributed by atoms with E-state index < -0.39 is 0 Å².